The molecule has 2 saturated heterocycles. The van der Waals surface area contributed by atoms with E-state index in [1.807, 2.05) is 27.7 Å². The SMILES string of the molecule is C.C.CCC(C)/C=C/[C@@H](O)[C@H](O)[C@@H](O)[C@@H](OC)C(=O)N[C@H]1CCCCN(Cc2ccc(F)c(C#N)c2)C1=O.CCC(C)/C=C/[C@@H](OC(C)=O)[C@H](OC(C)=O)[C@@H](OC(C)=O)[C@@H](OC)C(=O)N[C@H]1CCCCN(Cc2ccc(F)c(C#N)c2)C1=O. The molecule has 5 N–H and O–H groups in total. The van der Waals surface area contributed by atoms with Crippen LogP contribution in [0.4, 0.5) is 8.78 Å². The molecule has 2 heterocycles. The monoisotopic (exact) mass is 1170 g/mol. The number of aliphatic hydroxyl groups excluding tert-OH is 3. The molecular weight excluding hydrogens is 1080 g/mol. The predicted molar refractivity (Wildman–Crippen MR) is 302 cm³/mol. The maximum atomic E-state index is 13.8. The zero-order valence-corrected chi connectivity index (χ0v) is 47.5. The van der Waals surface area contributed by atoms with Gasteiger partial charge in [-0.3, -0.25) is 33.6 Å². The normalized spacial score (nSPS) is 19.0. The summed E-state index contributed by atoms with van der Waals surface area (Å²) < 4.78 is 54.5. The van der Waals surface area contributed by atoms with Crippen molar-refractivity contribution in [2.45, 2.75) is 189 Å². The molecule has 4 amide bonds. The highest BCUT2D eigenvalue weighted by Crippen LogP contribution is 2.24. The molecule has 2 fully saturated rings. The second-order valence-corrected chi connectivity index (χ2v) is 20.0. The summed E-state index contributed by atoms with van der Waals surface area (Å²) in [6, 6.07) is 9.76. The standard InChI is InChI=1S/C32H42FN3O9.C26H36FN3O6.2CH4/c1-7-19(2)11-14-27(43-20(3)37)28(44-21(4)38)29(45-22(5)39)30(42-6)31(40)35-26-10-8-9-15-36(32(26)41)18-23-12-13-25(33)24(16-23)17-34;1-4-16(2)8-11-21(31)22(32)23(33)24(36-3)25(34)29-20-7-5-6-12-30(26(20)35)15-17-9-10-19(27)18(13-17)14-28;;/h11-14,16,19,26-30H,7-10,15,18H2,1-6H3,(H,35,40);8-11,13,16,20-24,31-33H,4-7,12,15H2,1-3H3,(H,29,34);2*1H4/b14-11+;11-8+;;/t19?,26-,27+,28-,29+,30+;16?,20-,21+,22-,23+,24+;;/m00../s1. The van der Waals surface area contributed by atoms with E-state index >= 15 is 0 Å². The van der Waals surface area contributed by atoms with Crippen molar-refractivity contribution in [3.63, 3.8) is 0 Å². The van der Waals surface area contributed by atoms with Gasteiger partial charge in [-0.25, -0.2) is 8.78 Å². The van der Waals surface area contributed by atoms with E-state index in [-0.39, 0.29) is 56.8 Å². The first-order valence-electron chi connectivity index (χ1n) is 27.0. The summed E-state index contributed by atoms with van der Waals surface area (Å²) in [6.07, 6.45) is -1.12. The summed E-state index contributed by atoms with van der Waals surface area (Å²) in [5.41, 5.74) is 0.869. The Morgan fingerprint density at radius 3 is 1.45 bits per heavy atom. The third-order valence-electron chi connectivity index (χ3n) is 13.7. The van der Waals surface area contributed by atoms with Gasteiger partial charge >= 0.3 is 17.9 Å². The zero-order chi connectivity index (χ0) is 60.5. The van der Waals surface area contributed by atoms with E-state index in [0.29, 0.717) is 62.7 Å². The van der Waals surface area contributed by atoms with Gasteiger partial charge in [0.1, 0.15) is 54.2 Å². The fourth-order valence-electron chi connectivity index (χ4n) is 8.83. The Morgan fingerprint density at radius 1 is 0.639 bits per heavy atom. The topological polar surface area (TPSA) is 304 Å². The minimum absolute atomic E-state index is 0. The minimum atomic E-state index is -1.74. The lowest BCUT2D eigenvalue weighted by Gasteiger charge is -2.34. The van der Waals surface area contributed by atoms with Gasteiger partial charge in [0.25, 0.3) is 11.8 Å². The van der Waals surface area contributed by atoms with Crippen molar-refractivity contribution < 1.29 is 81.3 Å². The molecule has 4 rings (SSSR count). The first kappa shape index (κ1) is 73.9. The molecule has 0 aliphatic carbocycles. The van der Waals surface area contributed by atoms with Crippen LogP contribution in [0.3, 0.4) is 0 Å². The van der Waals surface area contributed by atoms with Crippen molar-refractivity contribution in [3.8, 4) is 12.1 Å². The molecule has 2 unspecified atom stereocenters. The molecular formula is C60H86F2N6O15. The third-order valence-corrected chi connectivity index (χ3v) is 13.7. The molecule has 2 aromatic rings. The molecule has 0 radical (unpaired) electrons. The van der Waals surface area contributed by atoms with Crippen LogP contribution in [0.2, 0.25) is 0 Å². The van der Waals surface area contributed by atoms with Crippen LogP contribution in [-0.4, -0.2) is 155 Å². The number of esters is 3. The van der Waals surface area contributed by atoms with Gasteiger partial charge in [0.15, 0.2) is 30.5 Å². The second-order valence-electron chi connectivity index (χ2n) is 20.0. The Morgan fingerprint density at radius 2 is 1.05 bits per heavy atom. The van der Waals surface area contributed by atoms with Crippen molar-refractivity contribution in [2.24, 2.45) is 11.8 Å². The average molecular weight is 1170 g/mol. The Balaban J connectivity index is 0.000000829. The number of nitriles is 2. The van der Waals surface area contributed by atoms with E-state index in [1.165, 1.54) is 66.5 Å². The van der Waals surface area contributed by atoms with Gasteiger partial charge in [-0.15, -0.1) is 0 Å². The van der Waals surface area contributed by atoms with Gasteiger partial charge in [0.05, 0.1) is 11.1 Å². The van der Waals surface area contributed by atoms with Gasteiger partial charge in [-0.2, -0.15) is 10.5 Å². The summed E-state index contributed by atoms with van der Waals surface area (Å²) in [7, 11) is 2.37. The van der Waals surface area contributed by atoms with E-state index in [4.69, 9.17) is 28.9 Å². The van der Waals surface area contributed by atoms with Crippen LogP contribution in [0.25, 0.3) is 0 Å². The highest BCUT2D eigenvalue weighted by Gasteiger charge is 2.45. The Bertz CT molecular complexity index is 2610. The molecule has 2 aliphatic heterocycles. The molecule has 0 saturated carbocycles. The van der Waals surface area contributed by atoms with Crippen molar-refractivity contribution in [1.29, 1.82) is 10.5 Å². The number of halogens is 2. The number of likely N-dealkylation sites (tertiary alicyclic amines) is 2. The van der Waals surface area contributed by atoms with Crippen LogP contribution < -0.4 is 10.6 Å². The number of amides is 4. The van der Waals surface area contributed by atoms with E-state index in [1.54, 1.807) is 24.3 Å². The van der Waals surface area contributed by atoms with Gasteiger partial charge in [0.2, 0.25) is 11.8 Å². The number of nitrogens with one attached hydrogen (secondary N) is 2. The highest BCUT2D eigenvalue weighted by molar-refractivity contribution is 5.91. The van der Waals surface area contributed by atoms with Crippen LogP contribution in [0.15, 0.2) is 60.7 Å². The van der Waals surface area contributed by atoms with Crippen molar-refractivity contribution in [3.05, 3.63) is 94.6 Å². The summed E-state index contributed by atoms with van der Waals surface area (Å²) in [4.78, 5) is 92.9. The minimum Gasteiger partial charge on any atom is -0.455 e. The lowest BCUT2D eigenvalue weighted by atomic mass is 9.98. The number of hydrogen-bond donors (Lipinski definition) is 5. The molecule has 0 bridgehead atoms. The number of nitrogens with zero attached hydrogens (tertiary/aromatic N) is 4. The number of benzene rings is 2. The maximum Gasteiger partial charge on any atom is 0.303 e. The summed E-state index contributed by atoms with van der Waals surface area (Å²) in [6.45, 7) is 12.2. The summed E-state index contributed by atoms with van der Waals surface area (Å²) >= 11 is 0. The fourth-order valence-corrected chi connectivity index (χ4v) is 8.83. The van der Waals surface area contributed by atoms with E-state index in [9.17, 15) is 62.9 Å². The molecule has 2 aromatic carbocycles. The molecule has 12 atom stereocenters. The van der Waals surface area contributed by atoms with Crippen LogP contribution in [-0.2, 0) is 70.3 Å². The van der Waals surface area contributed by atoms with Crippen LogP contribution in [0, 0.1) is 46.1 Å². The average Bonchev–Trinajstić information content (AvgIpc) is 3.99. The lowest BCUT2D eigenvalue weighted by Crippen LogP contribution is -2.58. The number of ether oxygens (including phenoxy) is 5. The molecule has 2 aliphatic rings. The van der Waals surface area contributed by atoms with Crippen molar-refractivity contribution in [1.82, 2.24) is 20.4 Å². The number of aliphatic hydroxyl groups is 3. The largest absolute Gasteiger partial charge is 0.455 e. The molecule has 460 valence electrons. The number of carbonyl (C=O) groups excluding carboxylic acids is 7. The van der Waals surface area contributed by atoms with Crippen LogP contribution >= 0.6 is 0 Å². The lowest BCUT2D eigenvalue weighted by molar-refractivity contribution is -0.192. The van der Waals surface area contributed by atoms with Crippen molar-refractivity contribution >= 4 is 41.5 Å². The van der Waals surface area contributed by atoms with Gasteiger partial charge in [0, 0.05) is 61.2 Å². The van der Waals surface area contributed by atoms with Gasteiger partial charge < -0.3 is 59.4 Å². The van der Waals surface area contributed by atoms with Crippen molar-refractivity contribution in [2.75, 3.05) is 27.3 Å². The number of hydrogen-bond acceptors (Lipinski definition) is 17. The summed E-state index contributed by atoms with van der Waals surface area (Å²) in [5.74, 6) is -5.81. The third kappa shape index (κ3) is 23.2. The molecule has 23 heteroatoms. The second kappa shape index (κ2) is 37.1. The van der Waals surface area contributed by atoms with Crippen LogP contribution in [0.1, 0.15) is 137 Å². The number of allylic oxidation sites excluding steroid dienone is 2. The maximum absolute atomic E-state index is 13.8. The molecule has 83 heavy (non-hydrogen) atoms. The zero-order valence-electron chi connectivity index (χ0n) is 47.5. The van der Waals surface area contributed by atoms with Gasteiger partial charge in [-0.1, -0.05) is 85.8 Å². The number of rotatable bonds is 25. The molecule has 0 aromatic heterocycles. The quantitative estimate of drug-likeness (QED) is 0.0447. The van der Waals surface area contributed by atoms with Gasteiger partial charge in [-0.05, 0) is 91.8 Å². The predicted octanol–water partition coefficient (Wildman–Crippen LogP) is 5.77. The summed E-state index contributed by atoms with van der Waals surface area (Å²) in [5, 5.41) is 54.6. The Hall–Kier alpha value is -7.15. The van der Waals surface area contributed by atoms with Crippen LogP contribution in [0.5, 0.6) is 0 Å². The Labute approximate surface area is 486 Å². The van der Waals surface area contributed by atoms with E-state index in [2.05, 4.69) is 10.6 Å². The first-order chi connectivity index (χ1) is 38.4. The number of carbonyl (C=O) groups is 7. The number of methoxy groups -OCH3 is 2. The first-order valence-corrected chi connectivity index (χ1v) is 27.0. The molecule has 21 nitrogen and oxygen atoms in total. The molecule has 0 spiro atoms. The smallest absolute Gasteiger partial charge is 0.303 e. The van der Waals surface area contributed by atoms with E-state index in [0.717, 1.165) is 39.7 Å². The Kier molecular flexibility index (Phi) is 33.0. The van der Waals surface area contributed by atoms with E-state index < -0.39 is 108 Å². The fraction of sp³-hybridized carbons (Fsp3) is 0.583. The highest BCUT2D eigenvalue weighted by atomic mass is 19.1.